The van der Waals surface area contributed by atoms with Crippen LogP contribution in [0.3, 0.4) is 0 Å². The molecule has 0 fully saturated rings. The largest absolute Gasteiger partial charge is 0.0813 e. The Labute approximate surface area is 118 Å². The molecule has 0 aliphatic rings. The van der Waals surface area contributed by atoms with Crippen molar-refractivity contribution in [3.8, 4) is 0 Å². The Morgan fingerprint density at radius 2 is 1.74 bits per heavy atom. The van der Waals surface area contributed by atoms with Crippen LogP contribution < -0.4 is 5.19 Å². The van der Waals surface area contributed by atoms with E-state index >= 15 is 0 Å². The van der Waals surface area contributed by atoms with E-state index in [9.17, 15) is 0 Å². The molecule has 2 aromatic rings. The third-order valence-corrected chi connectivity index (χ3v) is 7.37. The van der Waals surface area contributed by atoms with Gasteiger partial charge in [-0.3, -0.25) is 0 Å². The summed E-state index contributed by atoms with van der Waals surface area (Å²) in [5.74, 6) is 0. The van der Waals surface area contributed by atoms with E-state index in [4.69, 9.17) is 0 Å². The molecular weight excluding hydrogens is 244 g/mol. The second-order valence-electron chi connectivity index (χ2n) is 5.78. The van der Waals surface area contributed by atoms with Gasteiger partial charge in [-0.1, -0.05) is 73.7 Å². The molecule has 0 amide bonds. The van der Waals surface area contributed by atoms with E-state index in [0.717, 1.165) is 12.8 Å². The van der Waals surface area contributed by atoms with E-state index in [2.05, 4.69) is 62.5 Å². The molecule has 0 aliphatic carbocycles. The molecule has 0 N–H and O–H groups in total. The Hall–Kier alpha value is -1.34. The third-order valence-electron chi connectivity index (χ3n) is 3.92. The highest BCUT2D eigenvalue weighted by atomic mass is 28.3. The van der Waals surface area contributed by atoms with Crippen molar-refractivity contribution >= 4 is 13.3 Å². The number of rotatable bonds is 5. The standard InChI is InChI=1S/C18H23Si/c1-4-17-12-8-9-13-18(17)19(2,3)15-14-16-10-6-5-7-11-16/h5-10,12-13H,4,14-15H2,1-3H3. The fourth-order valence-corrected chi connectivity index (χ4v) is 5.50. The highest BCUT2D eigenvalue weighted by molar-refractivity contribution is 6.90. The highest BCUT2D eigenvalue weighted by Crippen LogP contribution is 2.16. The van der Waals surface area contributed by atoms with E-state index in [1.807, 2.05) is 12.1 Å². The Balaban J connectivity index is 2.13. The van der Waals surface area contributed by atoms with Crippen LogP contribution in [0.5, 0.6) is 0 Å². The van der Waals surface area contributed by atoms with Crippen LogP contribution >= 0.6 is 0 Å². The summed E-state index contributed by atoms with van der Waals surface area (Å²) >= 11 is 0. The van der Waals surface area contributed by atoms with Gasteiger partial charge in [-0.2, -0.15) is 0 Å². The van der Waals surface area contributed by atoms with Crippen molar-refractivity contribution in [3.63, 3.8) is 0 Å². The molecule has 0 nitrogen and oxygen atoms in total. The van der Waals surface area contributed by atoms with Gasteiger partial charge in [0.25, 0.3) is 0 Å². The van der Waals surface area contributed by atoms with Crippen LogP contribution in [0, 0.1) is 6.07 Å². The molecule has 0 spiro atoms. The number of benzene rings is 2. The van der Waals surface area contributed by atoms with Gasteiger partial charge in [0.2, 0.25) is 0 Å². The molecule has 0 heterocycles. The van der Waals surface area contributed by atoms with Crippen LogP contribution in [0.25, 0.3) is 0 Å². The van der Waals surface area contributed by atoms with Crippen molar-refractivity contribution in [1.82, 2.24) is 0 Å². The van der Waals surface area contributed by atoms with Crippen LogP contribution in [0.1, 0.15) is 18.1 Å². The molecule has 0 unspecified atom stereocenters. The van der Waals surface area contributed by atoms with Gasteiger partial charge in [0.1, 0.15) is 0 Å². The number of hydrogen-bond acceptors (Lipinski definition) is 0. The van der Waals surface area contributed by atoms with Gasteiger partial charge in [0, 0.05) is 0 Å². The SMILES string of the molecule is CCc1ccccc1[Si](C)(C)CCc1[c]cccc1. The second-order valence-corrected chi connectivity index (χ2v) is 10.6. The van der Waals surface area contributed by atoms with Crippen LogP contribution in [-0.4, -0.2) is 8.07 Å². The summed E-state index contributed by atoms with van der Waals surface area (Å²) in [6, 6.07) is 22.0. The maximum Gasteiger partial charge on any atom is 0.0813 e. The van der Waals surface area contributed by atoms with E-state index in [0.29, 0.717) is 0 Å². The lowest BCUT2D eigenvalue weighted by atomic mass is 10.2. The molecule has 0 atom stereocenters. The summed E-state index contributed by atoms with van der Waals surface area (Å²) < 4.78 is 0. The molecule has 2 aromatic carbocycles. The summed E-state index contributed by atoms with van der Waals surface area (Å²) in [6.07, 6.45) is 2.29. The summed E-state index contributed by atoms with van der Waals surface area (Å²) in [4.78, 5) is 0. The van der Waals surface area contributed by atoms with Gasteiger partial charge in [0.05, 0.1) is 8.07 Å². The van der Waals surface area contributed by atoms with E-state index < -0.39 is 8.07 Å². The molecule has 2 rings (SSSR count). The van der Waals surface area contributed by atoms with Gasteiger partial charge in [-0.15, -0.1) is 0 Å². The zero-order valence-corrected chi connectivity index (χ0v) is 13.2. The quantitative estimate of drug-likeness (QED) is 0.712. The fourth-order valence-electron chi connectivity index (χ4n) is 2.66. The lowest BCUT2D eigenvalue weighted by Crippen LogP contribution is -2.43. The molecule has 0 saturated carbocycles. The lowest BCUT2D eigenvalue weighted by Gasteiger charge is -2.25. The molecule has 1 heteroatoms. The average molecular weight is 267 g/mol. The Morgan fingerprint density at radius 1 is 1.00 bits per heavy atom. The number of hydrogen-bond donors (Lipinski definition) is 0. The zero-order chi connectivity index (χ0) is 13.7. The smallest absolute Gasteiger partial charge is 0.0654 e. The predicted molar refractivity (Wildman–Crippen MR) is 86.7 cm³/mol. The summed E-state index contributed by atoms with van der Waals surface area (Å²) in [5.41, 5.74) is 2.88. The van der Waals surface area contributed by atoms with E-state index in [1.54, 1.807) is 5.19 Å². The average Bonchev–Trinajstić information content (AvgIpc) is 2.46. The summed E-state index contributed by atoms with van der Waals surface area (Å²) in [6.45, 7) is 7.24. The molecule has 19 heavy (non-hydrogen) atoms. The van der Waals surface area contributed by atoms with Crippen molar-refractivity contribution < 1.29 is 0 Å². The molecule has 0 bridgehead atoms. The maximum absolute atomic E-state index is 3.34. The first-order valence-corrected chi connectivity index (χ1v) is 10.4. The van der Waals surface area contributed by atoms with Crippen LogP contribution in [0.2, 0.25) is 19.1 Å². The first-order valence-electron chi connectivity index (χ1n) is 7.17. The molecule has 0 saturated heterocycles. The minimum atomic E-state index is -1.35. The first-order chi connectivity index (χ1) is 9.13. The molecule has 0 aromatic heterocycles. The molecule has 99 valence electrons. The zero-order valence-electron chi connectivity index (χ0n) is 12.2. The highest BCUT2D eigenvalue weighted by Gasteiger charge is 2.24. The normalized spacial score (nSPS) is 11.5. The second kappa shape index (κ2) is 6.20. The lowest BCUT2D eigenvalue weighted by molar-refractivity contribution is 1.09. The van der Waals surface area contributed by atoms with Crippen molar-refractivity contribution in [2.24, 2.45) is 0 Å². The van der Waals surface area contributed by atoms with Crippen LogP contribution in [0.15, 0.2) is 48.5 Å². The van der Waals surface area contributed by atoms with E-state index in [-0.39, 0.29) is 0 Å². The molecule has 1 radical (unpaired) electrons. The summed E-state index contributed by atoms with van der Waals surface area (Å²) in [5, 5.41) is 1.63. The third kappa shape index (κ3) is 3.57. The van der Waals surface area contributed by atoms with Crippen molar-refractivity contribution in [2.45, 2.75) is 38.9 Å². The fraction of sp³-hybridized carbons (Fsp3) is 0.333. The van der Waals surface area contributed by atoms with Crippen molar-refractivity contribution in [2.75, 3.05) is 0 Å². The molecular formula is C18H23Si. The maximum atomic E-state index is 3.34. The number of aryl methyl sites for hydroxylation is 2. The van der Waals surface area contributed by atoms with E-state index in [1.165, 1.54) is 17.2 Å². The minimum Gasteiger partial charge on any atom is -0.0654 e. The van der Waals surface area contributed by atoms with Gasteiger partial charge < -0.3 is 0 Å². The van der Waals surface area contributed by atoms with Gasteiger partial charge >= 0.3 is 0 Å². The Bertz CT molecular complexity index is 514. The van der Waals surface area contributed by atoms with Crippen LogP contribution in [0.4, 0.5) is 0 Å². The monoisotopic (exact) mass is 267 g/mol. The topological polar surface area (TPSA) is 0 Å². The van der Waals surface area contributed by atoms with Gasteiger partial charge in [-0.25, -0.2) is 0 Å². The first kappa shape index (κ1) is 14.1. The van der Waals surface area contributed by atoms with Gasteiger partial charge in [0.15, 0.2) is 0 Å². The van der Waals surface area contributed by atoms with Crippen molar-refractivity contribution in [1.29, 1.82) is 0 Å². The van der Waals surface area contributed by atoms with Crippen LogP contribution in [-0.2, 0) is 12.8 Å². The molecule has 0 aliphatic heterocycles. The van der Waals surface area contributed by atoms with Crippen molar-refractivity contribution in [3.05, 3.63) is 65.7 Å². The predicted octanol–water partition coefficient (Wildman–Crippen LogP) is 4.21. The minimum absolute atomic E-state index is 1.14. The summed E-state index contributed by atoms with van der Waals surface area (Å²) in [7, 11) is -1.35. The Morgan fingerprint density at radius 3 is 2.42 bits per heavy atom. The van der Waals surface area contributed by atoms with Gasteiger partial charge in [-0.05, 0) is 36.1 Å². The Kier molecular flexibility index (Phi) is 4.59.